The van der Waals surface area contributed by atoms with Gasteiger partial charge in [0.2, 0.25) is 0 Å². The smallest absolute Gasteiger partial charge is 0.462 e. The van der Waals surface area contributed by atoms with Crippen LogP contribution in [0.4, 0.5) is 0 Å². The number of carbonyl (C=O) groups excluding carboxylic acids is 2. The predicted molar refractivity (Wildman–Crippen MR) is 179 cm³/mol. The van der Waals surface area contributed by atoms with Crippen LogP contribution >= 0.6 is 23.5 Å². The number of esters is 2. The van der Waals surface area contributed by atoms with Gasteiger partial charge in [-0.1, -0.05) is 90.9 Å². The number of hydrogen-bond donors (Lipinski definition) is 8. The van der Waals surface area contributed by atoms with Crippen molar-refractivity contribution in [3.05, 3.63) is 0 Å². The Bertz CT molecular complexity index is 1150. The van der Waals surface area contributed by atoms with Crippen molar-refractivity contribution in [2.24, 2.45) is 0 Å². The first kappa shape index (κ1) is 48.2. The molecule has 1 aliphatic carbocycles. The van der Waals surface area contributed by atoms with E-state index in [0.29, 0.717) is 12.8 Å². The zero-order valence-electron chi connectivity index (χ0n) is 29.2. The summed E-state index contributed by atoms with van der Waals surface area (Å²) in [4.78, 5) is 72.1. The molecular weight excluding hydrogens is 745 g/mol. The molecule has 8 N–H and O–H groups in total. The Labute approximate surface area is 298 Å². The van der Waals surface area contributed by atoms with Crippen molar-refractivity contribution in [3.63, 3.8) is 0 Å². The third-order valence-corrected chi connectivity index (χ3v) is 9.94. The van der Waals surface area contributed by atoms with Crippen molar-refractivity contribution < 1.29 is 90.6 Å². The molecule has 0 heterocycles. The van der Waals surface area contributed by atoms with E-state index in [9.17, 15) is 53.3 Å². The van der Waals surface area contributed by atoms with Crippen LogP contribution in [0.3, 0.4) is 0 Å². The molecule has 0 aromatic carbocycles. The van der Waals surface area contributed by atoms with Gasteiger partial charge in [-0.2, -0.15) is 0 Å². The number of aliphatic hydroxyl groups is 3. The highest BCUT2D eigenvalue weighted by atomic mass is 31.2. The van der Waals surface area contributed by atoms with E-state index in [1.54, 1.807) is 0 Å². The summed E-state index contributed by atoms with van der Waals surface area (Å²) in [7, 11) is -16.5. The lowest BCUT2D eigenvalue weighted by Gasteiger charge is -2.44. The number of phosphoric ester groups is 3. The molecular formula is C29H57O19P3. The SMILES string of the molecule is CCCCCCCCCC(=O)OC[C@H](COP(=O)(O)O[C@@H]1[C@H](O)[C@H](O)[C@@H](OP(=O)(O)O)[C@H](OP(=O)(O)O)[C@H]1O)OC(=O)CCCCCCCCC. The number of phosphoric acid groups is 3. The minimum absolute atomic E-state index is 0.000691. The molecule has 0 aromatic rings. The minimum atomic E-state index is -5.58. The van der Waals surface area contributed by atoms with Crippen molar-refractivity contribution in [3.8, 4) is 0 Å². The van der Waals surface area contributed by atoms with Crippen molar-refractivity contribution in [2.75, 3.05) is 13.2 Å². The van der Waals surface area contributed by atoms with E-state index in [1.807, 2.05) is 0 Å². The molecule has 0 spiro atoms. The second-order valence-electron chi connectivity index (χ2n) is 12.5. The van der Waals surface area contributed by atoms with Crippen LogP contribution in [-0.2, 0) is 50.9 Å². The summed E-state index contributed by atoms with van der Waals surface area (Å²) in [5, 5.41) is 31.5. The maximum Gasteiger partial charge on any atom is 0.472 e. The lowest BCUT2D eigenvalue weighted by molar-refractivity contribution is -0.213. The summed E-state index contributed by atoms with van der Waals surface area (Å²) in [6.07, 6.45) is -3.01. The molecule has 1 unspecified atom stereocenters. The van der Waals surface area contributed by atoms with E-state index in [0.717, 1.165) is 77.0 Å². The maximum absolute atomic E-state index is 12.9. The second-order valence-corrected chi connectivity index (χ2v) is 16.3. The van der Waals surface area contributed by atoms with Gasteiger partial charge in [-0.25, -0.2) is 13.7 Å². The zero-order chi connectivity index (χ0) is 38.7. The number of unbranched alkanes of at least 4 members (excludes halogenated alkanes) is 12. The van der Waals surface area contributed by atoms with Gasteiger partial charge < -0.3 is 49.3 Å². The summed E-state index contributed by atoms with van der Waals surface area (Å²) in [5.41, 5.74) is 0. The third-order valence-electron chi connectivity index (χ3n) is 7.91. The average molecular weight is 803 g/mol. The fourth-order valence-corrected chi connectivity index (χ4v) is 7.38. The van der Waals surface area contributed by atoms with Gasteiger partial charge in [0, 0.05) is 12.8 Å². The predicted octanol–water partition coefficient (Wildman–Crippen LogP) is 3.28. The van der Waals surface area contributed by atoms with Crippen LogP contribution < -0.4 is 0 Å². The largest absolute Gasteiger partial charge is 0.472 e. The molecule has 0 radical (unpaired) electrons. The maximum atomic E-state index is 12.9. The Balaban J connectivity index is 2.93. The van der Waals surface area contributed by atoms with E-state index < -0.39 is 91.3 Å². The molecule has 0 saturated heterocycles. The van der Waals surface area contributed by atoms with Gasteiger partial charge in [-0.15, -0.1) is 0 Å². The third kappa shape index (κ3) is 21.6. The number of rotatable bonds is 28. The Morgan fingerprint density at radius 1 is 0.549 bits per heavy atom. The minimum Gasteiger partial charge on any atom is -0.462 e. The lowest BCUT2D eigenvalue weighted by Crippen LogP contribution is -2.65. The van der Waals surface area contributed by atoms with E-state index in [-0.39, 0.29) is 12.8 Å². The number of carbonyl (C=O) groups is 2. The van der Waals surface area contributed by atoms with Gasteiger partial charge in [0.25, 0.3) is 0 Å². The van der Waals surface area contributed by atoms with Crippen LogP contribution in [0.1, 0.15) is 117 Å². The first-order valence-corrected chi connectivity index (χ1v) is 21.9. The monoisotopic (exact) mass is 802 g/mol. The van der Waals surface area contributed by atoms with Gasteiger partial charge in [-0.3, -0.25) is 27.7 Å². The Hall–Kier alpha value is -0.850. The first-order chi connectivity index (χ1) is 23.8. The molecule has 22 heteroatoms. The van der Waals surface area contributed by atoms with Crippen LogP contribution in [0.5, 0.6) is 0 Å². The van der Waals surface area contributed by atoms with Crippen molar-refractivity contribution in [1.29, 1.82) is 0 Å². The average Bonchev–Trinajstić information content (AvgIpc) is 3.03. The lowest BCUT2D eigenvalue weighted by atomic mass is 9.85. The fourth-order valence-electron chi connectivity index (χ4n) is 5.29. The van der Waals surface area contributed by atoms with Gasteiger partial charge in [0.05, 0.1) is 6.61 Å². The van der Waals surface area contributed by atoms with Crippen molar-refractivity contribution in [1.82, 2.24) is 0 Å². The molecule has 19 nitrogen and oxygen atoms in total. The number of hydrogen-bond acceptors (Lipinski definition) is 14. The topological polar surface area (TPSA) is 303 Å². The van der Waals surface area contributed by atoms with E-state index >= 15 is 0 Å². The molecule has 51 heavy (non-hydrogen) atoms. The van der Waals surface area contributed by atoms with Crippen LogP contribution in [0, 0.1) is 0 Å². The Morgan fingerprint density at radius 2 is 0.961 bits per heavy atom. The van der Waals surface area contributed by atoms with Crippen LogP contribution in [-0.4, -0.2) is 108 Å². The summed E-state index contributed by atoms with van der Waals surface area (Å²) in [6, 6.07) is 0. The molecule has 1 fully saturated rings. The molecule has 1 saturated carbocycles. The normalized spacial score (nSPS) is 24.5. The fraction of sp³-hybridized carbons (Fsp3) is 0.931. The van der Waals surface area contributed by atoms with Gasteiger partial charge in [-0.05, 0) is 12.8 Å². The summed E-state index contributed by atoms with van der Waals surface area (Å²) in [5.74, 6) is -1.31. The molecule has 0 amide bonds. The Kier molecular flexibility index (Phi) is 23.2. The first-order valence-electron chi connectivity index (χ1n) is 17.3. The number of aliphatic hydroxyl groups excluding tert-OH is 3. The Morgan fingerprint density at radius 3 is 1.43 bits per heavy atom. The highest BCUT2D eigenvalue weighted by molar-refractivity contribution is 7.47. The van der Waals surface area contributed by atoms with Crippen molar-refractivity contribution in [2.45, 2.75) is 159 Å². The zero-order valence-corrected chi connectivity index (χ0v) is 31.9. The van der Waals surface area contributed by atoms with Crippen molar-refractivity contribution >= 4 is 35.4 Å². The second kappa shape index (κ2) is 24.5. The van der Waals surface area contributed by atoms with Gasteiger partial charge in [0.1, 0.15) is 43.2 Å². The standard InChI is InChI=1S/C29H57O19P3/c1-3-5-7-9-11-13-15-17-22(30)43-19-21(45-23(31)18-16-14-12-10-8-6-4-2)20-44-51(41,42)48-27-24(32)25(33)28(46-49(35,36)37)29(26(27)34)47-50(38,39)40/h21,24-29,32-34H,3-20H2,1-2H3,(H,41,42)(H2,35,36,37)(H2,38,39,40)/t21-,24-,25+,26+,27-,28-,29-/m1/s1. The quantitative estimate of drug-likeness (QED) is 0.0320. The van der Waals surface area contributed by atoms with E-state index in [4.69, 9.17) is 28.3 Å². The van der Waals surface area contributed by atoms with Gasteiger partial charge in [0.15, 0.2) is 6.10 Å². The number of ether oxygens (including phenoxy) is 2. The van der Waals surface area contributed by atoms with E-state index in [1.165, 1.54) is 0 Å². The van der Waals surface area contributed by atoms with Gasteiger partial charge >= 0.3 is 35.4 Å². The molecule has 0 aliphatic heterocycles. The highest BCUT2D eigenvalue weighted by Gasteiger charge is 2.56. The molecule has 0 aromatic heterocycles. The van der Waals surface area contributed by atoms with Crippen LogP contribution in [0.15, 0.2) is 0 Å². The van der Waals surface area contributed by atoms with Crippen LogP contribution in [0.2, 0.25) is 0 Å². The summed E-state index contributed by atoms with van der Waals surface area (Å²) < 4.78 is 64.6. The highest BCUT2D eigenvalue weighted by Crippen LogP contribution is 2.51. The molecule has 0 bridgehead atoms. The molecule has 302 valence electrons. The van der Waals surface area contributed by atoms with E-state index in [2.05, 4.69) is 22.9 Å². The molecule has 1 aliphatic rings. The molecule has 1 rings (SSSR count). The summed E-state index contributed by atoms with van der Waals surface area (Å²) >= 11 is 0. The van der Waals surface area contributed by atoms with Crippen LogP contribution in [0.25, 0.3) is 0 Å². The summed E-state index contributed by atoms with van der Waals surface area (Å²) in [6.45, 7) is 2.74. The molecule has 8 atom stereocenters.